The van der Waals surface area contributed by atoms with Gasteiger partial charge < -0.3 is 15.2 Å². The molecule has 27 heavy (non-hydrogen) atoms. The molecular weight excluding hydrogens is 342 g/mol. The topological polar surface area (TPSA) is 75.6 Å². The quantitative estimate of drug-likeness (QED) is 0.676. The lowest BCUT2D eigenvalue weighted by atomic mass is 10.1. The van der Waals surface area contributed by atoms with Crippen molar-refractivity contribution in [1.82, 2.24) is 0 Å². The molecule has 2 N–H and O–H groups in total. The van der Waals surface area contributed by atoms with Crippen LogP contribution < -0.4 is 5.32 Å². The van der Waals surface area contributed by atoms with Crippen molar-refractivity contribution in [2.24, 2.45) is 0 Å². The van der Waals surface area contributed by atoms with Crippen molar-refractivity contribution in [3.8, 4) is 5.75 Å². The van der Waals surface area contributed by atoms with Crippen LogP contribution in [0.1, 0.15) is 28.4 Å². The van der Waals surface area contributed by atoms with E-state index in [1.54, 1.807) is 18.2 Å². The Hall–Kier alpha value is -3.34. The normalized spacial score (nSPS) is 11.8. The molecule has 3 rings (SSSR count). The van der Waals surface area contributed by atoms with E-state index in [0.717, 1.165) is 16.5 Å². The molecule has 0 saturated carbocycles. The summed E-state index contributed by atoms with van der Waals surface area (Å²) >= 11 is 0. The van der Waals surface area contributed by atoms with Gasteiger partial charge in [-0.15, -0.1) is 0 Å². The number of fused-ring (bicyclic) bond motifs is 1. The van der Waals surface area contributed by atoms with Crippen molar-refractivity contribution in [3.63, 3.8) is 0 Å². The van der Waals surface area contributed by atoms with Crippen LogP contribution in [-0.4, -0.2) is 23.1 Å². The number of aryl methyl sites for hydroxylation is 2. The van der Waals surface area contributed by atoms with Crippen LogP contribution in [0.5, 0.6) is 5.75 Å². The van der Waals surface area contributed by atoms with Gasteiger partial charge >= 0.3 is 5.97 Å². The Morgan fingerprint density at radius 3 is 2.33 bits per heavy atom. The minimum absolute atomic E-state index is 0.0282. The minimum atomic E-state index is -1.01. The van der Waals surface area contributed by atoms with Crippen molar-refractivity contribution >= 4 is 28.3 Å². The Labute approximate surface area is 157 Å². The number of phenols is 1. The second-order valence-electron chi connectivity index (χ2n) is 6.49. The maximum atomic E-state index is 12.4. The highest BCUT2D eigenvalue weighted by Crippen LogP contribution is 2.29. The van der Waals surface area contributed by atoms with E-state index in [1.165, 1.54) is 13.0 Å². The molecule has 138 valence electrons. The van der Waals surface area contributed by atoms with E-state index >= 15 is 0 Å². The summed E-state index contributed by atoms with van der Waals surface area (Å²) in [5.74, 6) is -1.33. The van der Waals surface area contributed by atoms with Gasteiger partial charge in [-0.3, -0.25) is 4.79 Å². The third-order valence-electron chi connectivity index (χ3n) is 4.50. The van der Waals surface area contributed by atoms with Gasteiger partial charge in [-0.1, -0.05) is 48.5 Å². The molecule has 0 saturated heterocycles. The van der Waals surface area contributed by atoms with E-state index in [1.807, 2.05) is 44.2 Å². The number of carbonyl (C=O) groups excluding carboxylic acids is 2. The van der Waals surface area contributed by atoms with E-state index in [-0.39, 0.29) is 11.3 Å². The van der Waals surface area contributed by atoms with Crippen LogP contribution in [0.3, 0.4) is 0 Å². The summed E-state index contributed by atoms with van der Waals surface area (Å²) in [6.45, 7) is 5.29. The Balaban J connectivity index is 1.76. The molecule has 0 spiro atoms. The highest BCUT2D eigenvalue weighted by atomic mass is 16.5. The molecule has 1 atom stereocenters. The molecule has 5 heteroatoms. The van der Waals surface area contributed by atoms with Gasteiger partial charge in [0.15, 0.2) is 6.10 Å². The molecule has 1 amide bonds. The average molecular weight is 363 g/mol. The van der Waals surface area contributed by atoms with Gasteiger partial charge in [0, 0.05) is 11.1 Å². The third kappa shape index (κ3) is 3.77. The third-order valence-corrected chi connectivity index (χ3v) is 4.50. The maximum absolute atomic E-state index is 12.4. The Morgan fingerprint density at radius 1 is 0.963 bits per heavy atom. The first-order chi connectivity index (χ1) is 12.9. The highest BCUT2D eigenvalue weighted by molar-refractivity contribution is 6.03. The minimum Gasteiger partial charge on any atom is -0.506 e. The van der Waals surface area contributed by atoms with Crippen LogP contribution in [0, 0.1) is 13.8 Å². The number of para-hydroxylation sites is 1. The fraction of sp³-hybridized carbons (Fsp3) is 0.182. The molecule has 0 aliphatic carbocycles. The summed E-state index contributed by atoms with van der Waals surface area (Å²) in [5, 5.41) is 14.5. The second-order valence-corrected chi connectivity index (χ2v) is 6.49. The number of nitrogens with one attached hydrogen (secondary N) is 1. The number of anilines is 1. The summed E-state index contributed by atoms with van der Waals surface area (Å²) in [6, 6.07) is 16.1. The number of carbonyl (C=O) groups is 2. The molecule has 0 fully saturated rings. The number of amides is 1. The van der Waals surface area contributed by atoms with Crippen LogP contribution in [0.4, 0.5) is 5.69 Å². The predicted octanol–water partition coefficient (Wildman–Crippen LogP) is 4.35. The molecule has 5 nitrogen and oxygen atoms in total. The summed E-state index contributed by atoms with van der Waals surface area (Å²) in [6.07, 6.45) is -1.01. The zero-order valence-corrected chi connectivity index (χ0v) is 15.4. The highest BCUT2D eigenvalue weighted by Gasteiger charge is 2.22. The van der Waals surface area contributed by atoms with Gasteiger partial charge in [0.25, 0.3) is 5.91 Å². The summed E-state index contributed by atoms with van der Waals surface area (Å²) in [5.41, 5.74) is 2.59. The molecule has 0 radical (unpaired) electrons. The number of aromatic hydroxyl groups is 1. The molecule has 0 aromatic heterocycles. The number of phenolic OH excluding ortho intramolecular Hbond substituents is 1. The summed E-state index contributed by atoms with van der Waals surface area (Å²) < 4.78 is 5.27. The molecule has 0 bridgehead atoms. The van der Waals surface area contributed by atoms with Gasteiger partial charge in [0.2, 0.25) is 0 Å². The van der Waals surface area contributed by atoms with Crippen molar-refractivity contribution < 1.29 is 19.4 Å². The average Bonchev–Trinajstić information content (AvgIpc) is 2.65. The summed E-state index contributed by atoms with van der Waals surface area (Å²) in [4.78, 5) is 24.9. The Morgan fingerprint density at radius 2 is 1.63 bits per heavy atom. The lowest BCUT2D eigenvalue weighted by Crippen LogP contribution is -2.30. The van der Waals surface area contributed by atoms with Gasteiger partial charge in [-0.2, -0.15) is 0 Å². The first-order valence-corrected chi connectivity index (χ1v) is 8.67. The van der Waals surface area contributed by atoms with Crippen LogP contribution >= 0.6 is 0 Å². The maximum Gasteiger partial charge on any atom is 0.342 e. The summed E-state index contributed by atoms with van der Waals surface area (Å²) in [7, 11) is 0. The Bertz CT molecular complexity index is 1010. The van der Waals surface area contributed by atoms with E-state index in [2.05, 4.69) is 5.32 Å². The van der Waals surface area contributed by atoms with Gasteiger partial charge in [-0.25, -0.2) is 4.79 Å². The molecule has 0 aliphatic heterocycles. The molecule has 3 aromatic rings. The number of benzene rings is 3. The van der Waals surface area contributed by atoms with Crippen LogP contribution in [0.15, 0.2) is 54.6 Å². The van der Waals surface area contributed by atoms with Gasteiger partial charge in [0.05, 0.1) is 0 Å². The number of rotatable bonds is 4. The van der Waals surface area contributed by atoms with Gasteiger partial charge in [-0.05, 0) is 43.4 Å². The van der Waals surface area contributed by atoms with Crippen LogP contribution in [0.25, 0.3) is 10.8 Å². The standard InChI is InChI=1S/C22H21NO4/c1-13-7-6-8-14(2)19(13)23-21(25)15(3)27-22(26)18-12-11-16-9-4-5-10-17(16)20(18)24/h4-12,15,24H,1-3H3,(H,23,25)/t15-/m1/s1. The van der Waals surface area contributed by atoms with Crippen LogP contribution in [-0.2, 0) is 9.53 Å². The van der Waals surface area contributed by atoms with E-state index < -0.39 is 18.0 Å². The van der Waals surface area contributed by atoms with Gasteiger partial charge in [0.1, 0.15) is 11.3 Å². The van der Waals surface area contributed by atoms with Crippen LogP contribution in [0.2, 0.25) is 0 Å². The SMILES string of the molecule is Cc1cccc(C)c1NC(=O)[C@@H](C)OC(=O)c1ccc2ccccc2c1O. The zero-order chi connectivity index (χ0) is 19.6. The number of esters is 1. The largest absolute Gasteiger partial charge is 0.506 e. The number of hydrogen-bond acceptors (Lipinski definition) is 4. The lowest BCUT2D eigenvalue weighted by Gasteiger charge is -2.16. The second kappa shape index (κ2) is 7.50. The van der Waals surface area contributed by atoms with E-state index in [4.69, 9.17) is 4.74 Å². The van der Waals surface area contributed by atoms with E-state index in [0.29, 0.717) is 11.1 Å². The van der Waals surface area contributed by atoms with Crippen molar-refractivity contribution in [2.45, 2.75) is 26.9 Å². The van der Waals surface area contributed by atoms with E-state index in [9.17, 15) is 14.7 Å². The first kappa shape index (κ1) is 18.5. The van der Waals surface area contributed by atoms with Crippen molar-refractivity contribution in [2.75, 3.05) is 5.32 Å². The molecule has 0 heterocycles. The lowest BCUT2D eigenvalue weighted by molar-refractivity contribution is -0.123. The van der Waals surface area contributed by atoms with Crippen molar-refractivity contribution in [3.05, 3.63) is 71.3 Å². The fourth-order valence-corrected chi connectivity index (χ4v) is 2.93. The number of hydrogen-bond donors (Lipinski definition) is 2. The smallest absolute Gasteiger partial charge is 0.342 e. The first-order valence-electron chi connectivity index (χ1n) is 8.67. The molecule has 3 aromatic carbocycles. The predicted molar refractivity (Wildman–Crippen MR) is 105 cm³/mol. The monoisotopic (exact) mass is 363 g/mol. The molecule has 0 unspecified atom stereocenters. The van der Waals surface area contributed by atoms with Crippen molar-refractivity contribution in [1.29, 1.82) is 0 Å². The molecule has 0 aliphatic rings. The zero-order valence-electron chi connectivity index (χ0n) is 15.4. The Kier molecular flexibility index (Phi) is 5.12. The fourth-order valence-electron chi connectivity index (χ4n) is 2.93. The molecular formula is C22H21NO4. The number of ether oxygens (including phenoxy) is 1.